The Balaban J connectivity index is 1.55. The second-order valence-corrected chi connectivity index (χ2v) is 6.19. The minimum atomic E-state index is -0.0218. The van der Waals surface area contributed by atoms with E-state index in [1.54, 1.807) is 24.1 Å². The highest BCUT2D eigenvalue weighted by atomic mass is 32.1. The van der Waals surface area contributed by atoms with Gasteiger partial charge in [0.25, 0.3) is 5.91 Å². The van der Waals surface area contributed by atoms with E-state index in [9.17, 15) is 4.79 Å². The number of hydrogen-bond donors (Lipinski definition) is 0. The minimum absolute atomic E-state index is 0.0218. The molecule has 3 aromatic rings. The van der Waals surface area contributed by atoms with Crippen LogP contribution in [-0.2, 0) is 0 Å². The van der Waals surface area contributed by atoms with E-state index in [0.717, 1.165) is 18.2 Å². The zero-order valence-corrected chi connectivity index (χ0v) is 13.9. The molecule has 24 heavy (non-hydrogen) atoms. The van der Waals surface area contributed by atoms with Crippen LogP contribution in [0.4, 0.5) is 5.13 Å². The standard InChI is InChI=1S/C15H16N6O2S/c1-23-12-3-2-4-21-13(12)11(9-17-21)14(22)19-5-7-20(8-6-19)15-16-10-18-24-15/h2-4,9-10H,5-8H2,1H3. The van der Waals surface area contributed by atoms with Crippen LogP contribution < -0.4 is 9.64 Å². The van der Waals surface area contributed by atoms with Crippen LogP contribution in [-0.4, -0.2) is 63.1 Å². The van der Waals surface area contributed by atoms with Crippen molar-refractivity contribution in [2.45, 2.75) is 0 Å². The molecule has 3 aromatic heterocycles. The molecule has 124 valence electrons. The lowest BCUT2D eigenvalue weighted by atomic mass is 10.2. The number of hydrogen-bond acceptors (Lipinski definition) is 7. The highest BCUT2D eigenvalue weighted by Gasteiger charge is 2.26. The first-order chi connectivity index (χ1) is 11.8. The third kappa shape index (κ3) is 2.46. The van der Waals surface area contributed by atoms with Crippen molar-refractivity contribution in [3.63, 3.8) is 0 Å². The molecular formula is C15H16N6O2S. The van der Waals surface area contributed by atoms with E-state index in [0.29, 0.717) is 29.9 Å². The lowest BCUT2D eigenvalue weighted by molar-refractivity contribution is 0.0748. The van der Waals surface area contributed by atoms with Crippen LogP contribution >= 0.6 is 11.5 Å². The average Bonchev–Trinajstić information content (AvgIpc) is 3.30. The third-order valence-corrected chi connectivity index (χ3v) is 4.87. The Kier molecular flexibility index (Phi) is 3.77. The molecule has 9 heteroatoms. The van der Waals surface area contributed by atoms with E-state index in [1.165, 1.54) is 11.5 Å². The molecule has 4 heterocycles. The quantitative estimate of drug-likeness (QED) is 0.710. The second kappa shape index (κ2) is 6.08. The maximum Gasteiger partial charge on any atom is 0.257 e. The minimum Gasteiger partial charge on any atom is -0.494 e. The molecule has 0 radical (unpaired) electrons. The van der Waals surface area contributed by atoms with Crippen LogP contribution in [0.15, 0.2) is 30.9 Å². The summed E-state index contributed by atoms with van der Waals surface area (Å²) in [5.74, 6) is 0.622. The van der Waals surface area contributed by atoms with Gasteiger partial charge in [-0.15, -0.1) is 0 Å². The van der Waals surface area contributed by atoms with Gasteiger partial charge in [0.2, 0.25) is 5.13 Å². The summed E-state index contributed by atoms with van der Waals surface area (Å²) in [6.45, 7) is 2.78. The summed E-state index contributed by atoms with van der Waals surface area (Å²) in [6, 6.07) is 3.68. The molecule has 0 atom stereocenters. The van der Waals surface area contributed by atoms with E-state index >= 15 is 0 Å². The van der Waals surface area contributed by atoms with Gasteiger partial charge in [0.15, 0.2) is 0 Å². The molecule has 8 nitrogen and oxygen atoms in total. The van der Waals surface area contributed by atoms with Gasteiger partial charge in [-0.3, -0.25) is 4.79 Å². The zero-order chi connectivity index (χ0) is 16.5. The monoisotopic (exact) mass is 344 g/mol. The SMILES string of the molecule is COc1cccn2ncc(C(=O)N3CCN(c4ncns4)CC3)c12. The number of fused-ring (bicyclic) bond motifs is 1. The van der Waals surface area contributed by atoms with Gasteiger partial charge < -0.3 is 14.5 Å². The number of piperazine rings is 1. The topological polar surface area (TPSA) is 75.9 Å². The van der Waals surface area contributed by atoms with Crippen LogP contribution in [0.3, 0.4) is 0 Å². The van der Waals surface area contributed by atoms with Crippen molar-refractivity contribution in [2.75, 3.05) is 38.2 Å². The summed E-state index contributed by atoms with van der Waals surface area (Å²) >= 11 is 1.38. The largest absolute Gasteiger partial charge is 0.494 e. The highest BCUT2D eigenvalue weighted by molar-refractivity contribution is 7.09. The molecule has 1 fully saturated rings. The van der Waals surface area contributed by atoms with Crippen molar-refractivity contribution in [2.24, 2.45) is 0 Å². The molecule has 4 rings (SSSR count). The van der Waals surface area contributed by atoms with Gasteiger partial charge in [-0.2, -0.15) is 9.47 Å². The predicted molar refractivity (Wildman–Crippen MR) is 89.8 cm³/mol. The molecule has 0 saturated carbocycles. The summed E-state index contributed by atoms with van der Waals surface area (Å²) in [5.41, 5.74) is 1.27. The Morgan fingerprint density at radius 3 is 2.83 bits per heavy atom. The van der Waals surface area contributed by atoms with Crippen LogP contribution in [0.2, 0.25) is 0 Å². The molecule has 0 spiro atoms. The van der Waals surface area contributed by atoms with Gasteiger partial charge in [0.1, 0.15) is 17.6 Å². The molecule has 1 aliphatic heterocycles. The first-order valence-corrected chi connectivity index (χ1v) is 8.36. The summed E-state index contributed by atoms with van der Waals surface area (Å²) in [5, 5.41) is 5.16. The van der Waals surface area contributed by atoms with Crippen molar-refractivity contribution in [1.82, 2.24) is 23.9 Å². The Labute approximate surface area is 142 Å². The number of rotatable bonds is 3. The first kappa shape index (κ1) is 14.9. The first-order valence-electron chi connectivity index (χ1n) is 7.59. The molecule has 0 bridgehead atoms. The molecule has 0 aliphatic carbocycles. The number of aromatic nitrogens is 4. The second-order valence-electron chi connectivity index (χ2n) is 5.43. The van der Waals surface area contributed by atoms with Crippen molar-refractivity contribution in [3.05, 3.63) is 36.4 Å². The van der Waals surface area contributed by atoms with E-state index in [2.05, 4.69) is 19.4 Å². The number of amides is 1. The number of carbonyl (C=O) groups is 1. The van der Waals surface area contributed by atoms with Crippen molar-refractivity contribution < 1.29 is 9.53 Å². The highest BCUT2D eigenvalue weighted by Crippen LogP contribution is 2.25. The van der Waals surface area contributed by atoms with E-state index < -0.39 is 0 Å². The Bertz CT molecular complexity index is 854. The molecular weight excluding hydrogens is 328 g/mol. The van der Waals surface area contributed by atoms with Crippen LogP contribution in [0.5, 0.6) is 5.75 Å². The van der Waals surface area contributed by atoms with Gasteiger partial charge in [-0.1, -0.05) is 0 Å². The molecule has 0 N–H and O–H groups in total. The number of nitrogens with zero attached hydrogens (tertiary/aromatic N) is 6. The third-order valence-electron chi connectivity index (χ3n) is 4.14. The van der Waals surface area contributed by atoms with E-state index in [1.807, 2.05) is 23.2 Å². The smallest absolute Gasteiger partial charge is 0.257 e. The van der Waals surface area contributed by atoms with Crippen molar-refractivity contribution in [1.29, 1.82) is 0 Å². The van der Waals surface area contributed by atoms with Gasteiger partial charge in [0.05, 0.1) is 18.9 Å². The van der Waals surface area contributed by atoms with E-state index in [4.69, 9.17) is 4.74 Å². The van der Waals surface area contributed by atoms with Gasteiger partial charge in [-0.05, 0) is 12.1 Å². The number of pyridine rings is 1. The molecule has 1 saturated heterocycles. The Morgan fingerprint density at radius 2 is 2.12 bits per heavy atom. The average molecular weight is 344 g/mol. The van der Waals surface area contributed by atoms with Crippen molar-refractivity contribution >= 4 is 28.1 Å². The fourth-order valence-electron chi connectivity index (χ4n) is 2.91. The Morgan fingerprint density at radius 1 is 1.29 bits per heavy atom. The van der Waals surface area contributed by atoms with Crippen LogP contribution in [0.25, 0.3) is 5.52 Å². The molecule has 1 amide bonds. The number of ether oxygens (including phenoxy) is 1. The van der Waals surface area contributed by atoms with Gasteiger partial charge in [-0.25, -0.2) is 9.50 Å². The van der Waals surface area contributed by atoms with E-state index in [-0.39, 0.29) is 5.91 Å². The maximum absolute atomic E-state index is 12.9. The lowest BCUT2D eigenvalue weighted by Gasteiger charge is -2.34. The number of anilines is 1. The molecule has 0 aromatic carbocycles. The fourth-order valence-corrected chi connectivity index (χ4v) is 3.49. The van der Waals surface area contributed by atoms with Crippen LogP contribution in [0, 0.1) is 0 Å². The zero-order valence-electron chi connectivity index (χ0n) is 13.1. The number of methoxy groups -OCH3 is 1. The van der Waals surface area contributed by atoms with Crippen molar-refractivity contribution in [3.8, 4) is 5.75 Å². The normalized spacial score (nSPS) is 15.0. The maximum atomic E-state index is 12.9. The fraction of sp³-hybridized carbons (Fsp3) is 0.333. The number of carbonyl (C=O) groups excluding carboxylic acids is 1. The molecule has 1 aliphatic rings. The summed E-state index contributed by atoms with van der Waals surface area (Å²) in [7, 11) is 1.59. The van der Waals surface area contributed by atoms with Gasteiger partial charge in [0, 0.05) is 43.9 Å². The summed E-state index contributed by atoms with van der Waals surface area (Å²) in [4.78, 5) is 21.1. The lowest BCUT2D eigenvalue weighted by Crippen LogP contribution is -2.48. The Hall–Kier alpha value is -2.68. The van der Waals surface area contributed by atoms with Gasteiger partial charge >= 0.3 is 0 Å². The predicted octanol–water partition coefficient (Wildman–Crippen LogP) is 1.16. The summed E-state index contributed by atoms with van der Waals surface area (Å²) < 4.78 is 11.1. The van der Waals surface area contributed by atoms with Crippen LogP contribution in [0.1, 0.15) is 10.4 Å². The summed E-state index contributed by atoms with van der Waals surface area (Å²) in [6.07, 6.45) is 4.97. The molecule has 0 unspecified atom stereocenters.